The van der Waals surface area contributed by atoms with Crippen LogP contribution in [-0.2, 0) is 4.74 Å². The molecule has 0 amide bonds. The van der Waals surface area contributed by atoms with Crippen molar-refractivity contribution in [2.24, 2.45) is 0 Å². The van der Waals surface area contributed by atoms with Gasteiger partial charge in [-0.15, -0.1) is 12.4 Å². The average molecular weight is 326 g/mol. The Morgan fingerprint density at radius 2 is 1.95 bits per heavy atom. The normalized spacial score (nSPS) is 23.5. The monoisotopic (exact) mass is 325 g/mol. The number of piperidine rings is 1. The van der Waals surface area contributed by atoms with Gasteiger partial charge in [0.05, 0.1) is 5.56 Å². The number of hydrogen-bond donors (Lipinski definition) is 0. The summed E-state index contributed by atoms with van der Waals surface area (Å²) < 4.78 is 5.61. The number of halogens is 1. The first-order valence-corrected chi connectivity index (χ1v) is 8.00. The van der Waals surface area contributed by atoms with Gasteiger partial charge in [-0.2, -0.15) is 0 Å². The molecule has 2 rings (SSSR count). The number of aryl methyl sites for hydroxylation is 1. The summed E-state index contributed by atoms with van der Waals surface area (Å²) >= 11 is 0. The molecule has 1 aromatic carbocycles. The van der Waals surface area contributed by atoms with Crippen LogP contribution >= 0.6 is 12.4 Å². The van der Waals surface area contributed by atoms with Crippen molar-refractivity contribution >= 4 is 18.4 Å². The molecule has 0 saturated carbocycles. The van der Waals surface area contributed by atoms with Gasteiger partial charge in [0.15, 0.2) is 0 Å². The van der Waals surface area contributed by atoms with Crippen LogP contribution in [0.3, 0.4) is 0 Å². The molecule has 1 aromatic rings. The molecule has 0 radical (unpaired) electrons. The maximum Gasteiger partial charge on any atom is 0.338 e. The molecular weight excluding hydrogens is 298 g/mol. The summed E-state index contributed by atoms with van der Waals surface area (Å²) in [6, 6.07) is 8.72. The van der Waals surface area contributed by atoms with Gasteiger partial charge in [0, 0.05) is 18.6 Å². The lowest BCUT2D eigenvalue weighted by atomic mass is 9.97. The quantitative estimate of drug-likeness (QED) is 0.776. The predicted octanol–water partition coefficient (Wildman–Crippen LogP) is 4.23. The summed E-state index contributed by atoms with van der Waals surface area (Å²) in [5.74, 6) is -0.219. The number of carbonyl (C=O) groups excluding carboxylic acids is 1. The Morgan fingerprint density at radius 1 is 1.32 bits per heavy atom. The van der Waals surface area contributed by atoms with E-state index >= 15 is 0 Å². The summed E-state index contributed by atoms with van der Waals surface area (Å²) in [7, 11) is 0. The van der Waals surface area contributed by atoms with Crippen LogP contribution in [0.1, 0.15) is 56.0 Å². The van der Waals surface area contributed by atoms with Gasteiger partial charge < -0.3 is 4.74 Å². The summed E-state index contributed by atoms with van der Waals surface area (Å²) in [6.45, 7) is 9.33. The molecule has 0 aromatic heterocycles. The molecule has 4 heteroatoms. The molecule has 0 spiro atoms. The number of likely N-dealkylation sites (tertiary alicyclic amines) is 1. The van der Waals surface area contributed by atoms with E-state index in [1.54, 1.807) is 0 Å². The zero-order chi connectivity index (χ0) is 15.4. The zero-order valence-corrected chi connectivity index (χ0v) is 14.9. The lowest BCUT2D eigenvalue weighted by Crippen LogP contribution is -2.47. The van der Waals surface area contributed by atoms with Crippen molar-refractivity contribution < 1.29 is 9.53 Å². The molecule has 1 saturated heterocycles. The minimum atomic E-state index is -0.219. The Bertz CT molecular complexity index is 482. The first-order valence-electron chi connectivity index (χ1n) is 8.00. The second-order valence-electron chi connectivity index (χ2n) is 6.41. The van der Waals surface area contributed by atoms with Gasteiger partial charge in [0.1, 0.15) is 6.10 Å². The van der Waals surface area contributed by atoms with E-state index in [0.717, 1.165) is 12.1 Å². The zero-order valence-electron chi connectivity index (χ0n) is 14.0. The van der Waals surface area contributed by atoms with Crippen LogP contribution < -0.4 is 0 Å². The lowest BCUT2D eigenvalue weighted by Gasteiger charge is -2.40. The van der Waals surface area contributed by atoms with Crippen LogP contribution in [-0.4, -0.2) is 35.6 Å². The van der Waals surface area contributed by atoms with Crippen LogP contribution in [0, 0.1) is 6.92 Å². The van der Waals surface area contributed by atoms with Gasteiger partial charge in [-0.05, 0) is 52.7 Å². The van der Waals surface area contributed by atoms with E-state index in [2.05, 4.69) is 18.7 Å². The van der Waals surface area contributed by atoms with E-state index < -0.39 is 0 Å². The Morgan fingerprint density at radius 3 is 2.55 bits per heavy atom. The number of benzene rings is 1. The molecule has 3 unspecified atom stereocenters. The van der Waals surface area contributed by atoms with E-state index in [1.807, 2.05) is 38.1 Å². The van der Waals surface area contributed by atoms with Gasteiger partial charge in [-0.1, -0.05) is 24.1 Å². The van der Waals surface area contributed by atoms with Crippen LogP contribution in [0.15, 0.2) is 24.3 Å². The number of esters is 1. The molecule has 124 valence electrons. The van der Waals surface area contributed by atoms with Gasteiger partial charge in [0.2, 0.25) is 0 Å². The Labute approximate surface area is 140 Å². The second-order valence-corrected chi connectivity index (χ2v) is 6.41. The highest BCUT2D eigenvalue weighted by Crippen LogP contribution is 2.23. The molecule has 1 aliphatic rings. The average Bonchev–Trinajstić information content (AvgIpc) is 2.43. The SMILES string of the molecule is Cc1cccc(C(=O)OC(C)CN2C(C)CCCC2C)c1.Cl. The van der Waals surface area contributed by atoms with Crippen LogP contribution in [0.25, 0.3) is 0 Å². The molecule has 0 bridgehead atoms. The number of hydrogen-bond acceptors (Lipinski definition) is 3. The fourth-order valence-corrected chi connectivity index (χ4v) is 3.19. The summed E-state index contributed by atoms with van der Waals surface area (Å²) in [5.41, 5.74) is 1.72. The third-order valence-electron chi connectivity index (χ3n) is 4.41. The van der Waals surface area contributed by atoms with E-state index in [1.165, 1.54) is 19.3 Å². The maximum absolute atomic E-state index is 12.2. The van der Waals surface area contributed by atoms with E-state index in [4.69, 9.17) is 4.74 Å². The molecule has 0 aliphatic carbocycles. The van der Waals surface area contributed by atoms with Gasteiger partial charge in [-0.25, -0.2) is 4.79 Å². The molecule has 1 fully saturated rings. The van der Waals surface area contributed by atoms with Gasteiger partial charge in [0.25, 0.3) is 0 Å². The van der Waals surface area contributed by atoms with Crippen LogP contribution in [0.4, 0.5) is 0 Å². The highest BCUT2D eigenvalue weighted by atomic mass is 35.5. The van der Waals surface area contributed by atoms with Crippen molar-refractivity contribution in [3.05, 3.63) is 35.4 Å². The minimum Gasteiger partial charge on any atom is -0.458 e. The standard InChI is InChI=1S/C18H27NO2.ClH/c1-13-7-5-10-17(11-13)18(20)21-16(4)12-19-14(2)8-6-9-15(19)3;/h5,7,10-11,14-16H,6,8-9,12H2,1-4H3;1H. The van der Waals surface area contributed by atoms with Crippen molar-refractivity contribution in [1.29, 1.82) is 0 Å². The van der Waals surface area contributed by atoms with Crippen molar-refractivity contribution in [3.8, 4) is 0 Å². The fourth-order valence-electron chi connectivity index (χ4n) is 3.19. The number of ether oxygens (including phenoxy) is 1. The van der Waals surface area contributed by atoms with E-state index in [-0.39, 0.29) is 24.5 Å². The molecule has 3 atom stereocenters. The van der Waals surface area contributed by atoms with Crippen molar-refractivity contribution in [2.45, 2.75) is 65.1 Å². The lowest BCUT2D eigenvalue weighted by molar-refractivity contribution is 0.00811. The first-order chi connectivity index (χ1) is 9.97. The largest absolute Gasteiger partial charge is 0.458 e. The Balaban J connectivity index is 0.00000242. The molecular formula is C18H28ClNO2. The van der Waals surface area contributed by atoms with Crippen molar-refractivity contribution in [3.63, 3.8) is 0 Å². The van der Waals surface area contributed by atoms with E-state index in [9.17, 15) is 4.79 Å². The highest BCUT2D eigenvalue weighted by Gasteiger charge is 2.26. The number of rotatable bonds is 4. The van der Waals surface area contributed by atoms with E-state index in [0.29, 0.717) is 17.6 Å². The highest BCUT2D eigenvalue weighted by molar-refractivity contribution is 5.89. The maximum atomic E-state index is 12.2. The molecule has 0 N–H and O–H groups in total. The van der Waals surface area contributed by atoms with Crippen LogP contribution in [0.5, 0.6) is 0 Å². The summed E-state index contributed by atoms with van der Waals surface area (Å²) in [6.07, 6.45) is 3.70. The number of carbonyl (C=O) groups is 1. The molecule has 3 nitrogen and oxygen atoms in total. The topological polar surface area (TPSA) is 29.5 Å². The minimum absolute atomic E-state index is 0. The predicted molar refractivity (Wildman–Crippen MR) is 92.8 cm³/mol. The second kappa shape index (κ2) is 8.54. The fraction of sp³-hybridized carbons (Fsp3) is 0.611. The Hall–Kier alpha value is -1.06. The third kappa shape index (κ3) is 4.99. The molecule has 22 heavy (non-hydrogen) atoms. The van der Waals surface area contributed by atoms with Crippen molar-refractivity contribution in [1.82, 2.24) is 4.90 Å². The smallest absolute Gasteiger partial charge is 0.338 e. The van der Waals surface area contributed by atoms with Gasteiger partial charge >= 0.3 is 5.97 Å². The third-order valence-corrected chi connectivity index (χ3v) is 4.41. The molecule has 1 heterocycles. The number of nitrogens with zero attached hydrogens (tertiary/aromatic N) is 1. The van der Waals surface area contributed by atoms with Crippen molar-refractivity contribution in [2.75, 3.05) is 6.54 Å². The summed E-state index contributed by atoms with van der Waals surface area (Å²) in [5, 5.41) is 0. The first kappa shape index (κ1) is 19.0. The van der Waals surface area contributed by atoms with Crippen LogP contribution in [0.2, 0.25) is 0 Å². The molecule has 1 aliphatic heterocycles. The Kier molecular flexibility index (Phi) is 7.37. The summed E-state index contributed by atoms with van der Waals surface area (Å²) in [4.78, 5) is 14.6. The van der Waals surface area contributed by atoms with Gasteiger partial charge in [-0.3, -0.25) is 4.90 Å².